The highest BCUT2D eigenvalue weighted by Gasteiger charge is 2.23. The third kappa shape index (κ3) is 5.01. The molecule has 1 N–H and O–H groups in total. The van der Waals surface area contributed by atoms with E-state index in [1.807, 2.05) is 32.0 Å². The predicted molar refractivity (Wildman–Crippen MR) is 93.6 cm³/mol. The SMILES string of the molecule is Cc1cccc(C)c1OC[C@H](O)CN1CCO[C@H](Cn2cncn2)C1. The topological polar surface area (TPSA) is 72.6 Å². The molecule has 7 nitrogen and oxygen atoms in total. The third-order valence-corrected chi connectivity index (χ3v) is 4.38. The van der Waals surface area contributed by atoms with E-state index < -0.39 is 6.10 Å². The second-order valence-electron chi connectivity index (χ2n) is 6.56. The Kier molecular flexibility index (Phi) is 6.01. The van der Waals surface area contributed by atoms with Gasteiger partial charge in [-0.15, -0.1) is 0 Å². The van der Waals surface area contributed by atoms with Gasteiger partial charge in [-0.25, -0.2) is 4.98 Å². The van der Waals surface area contributed by atoms with Crippen LogP contribution in [-0.4, -0.2) is 69.8 Å². The van der Waals surface area contributed by atoms with Crippen molar-refractivity contribution in [2.75, 3.05) is 32.8 Å². The minimum Gasteiger partial charge on any atom is -0.490 e. The molecule has 1 fully saturated rings. The minimum atomic E-state index is -0.538. The molecule has 2 aromatic rings. The van der Waals surface area contributed by atoms with Crippen LogP contribution in [0.5, 0.6) is 5.75 Å². The molecule has 0 radical (unpaired) electrons. The zero-order valence-electron chi connectivity index (χ0n) is 14.8. The highest BCUT2D eigenvalue weighted by atomic mass is 16.5. The number of aromatic nitrogens is 3. The summed E-state index contributed by atoms with van der Waals surface area (Å²) in [4.78, 5) is 6.16. The predicted octanol–water partition coefficient (Wildman–Crippen LogP) is 1.04. The fourth-order valence-electron chi connectivity index (χ4n) is 3.15. The number of para-hydroxylation sites is 1. The maximum Gasteiger partial charge on any atom is 0.137 e. The van der Waals surface area contributed by atoms with Crippen LogP contribution in [0.15, 0.2) is 30.9 Å². The summed E-state index contributed by atoms with van der Waals surface area (Å²) in [5, 5.41) is 14.5. The van der Waals surface area contributed by atoms with Crippen LogP contribution in [0.25, 0.3) is 0 Å². The summed E-state index contributed by atoms with van der Waals surface area (Å²) in [5.74, 6) is 0.868. The van der Waals surface area contributed by atoms with Crippen LogP contribution >= 0.6 is 0 Å². The van der Waals surface area contributed by atoms with Gasteiger partial charge in [-0.1, -0.05) is 18.2 Å². The number of nitrogens with zero attached hydrogens (tertiary/aromatic N) is 4. The molecule has 25 heavy (non-hydrogen) atoms. The summed E-state index contributed by atoms with van der Waals surface area (Å²) in [5.41, 5.74) is 2.18. The van der Waals surface area contributed by atoms with Crippen molar-refractivity contribution in [1.29, 1.82) is 0 Å². The number of hydrogen-bond acceptors (Lipinski definition) is 6. The summed E-state index contributed by atoms with van der Waals surface area (Å²) in [7, 11) is 0. The Morgan fingerprint density at radius 2 is 2.16 bits per heavy atom. The Balaban J connectivity index is 1.46. The van der Waals surface area contributed by atoms with Gasteiger partial charge in [-0.2, -0.15) is 5.10 Å². The molecule has 1 saturated heterocycles. The summed E-state index contributed by atoms with van der Waals surface area (Å²) in [6.07, 6.45) is 2.73. The molecule has 1 aromatic heterocycles. The number of rotatable bonds is 7. The molecular weight excluding hydrogens is 320 g/mol. The number of β-amino-alcohol motifs (C(OH)–C–C–N with tert-alkyl or cyclic N) is 1. The lowest BCUT2D eigenvalue weighted by molar-refractivity contribution is -0.0517. The Hall–Kier alpha value is -1.96. The van der Waals surface area contributed by atoms with E-state index >= 15 is 0 Å². The lowest BCUT2D eigenvalue weighted by atomic mass is 10.1. The van der Waals surface area contributed by atoms with Gasteiger partial charge >= 0.3 is 0 Å². The third-order valence-electron chi connectivity index (χ3n) is 4.38. The largest absolute Gasteiger partial charge is 0.490 e. The van der Waals surface area contributed by atoms with Crippen molar-refractivity contribution in [1.82, 2.24) is 19.7 Å². The van der Waals surface area contributed by atoms with Crippen molar-refractivity contribution >= 4 is 0 Å². The number of benzene rings is 1. The highest BCUT2D eigenvalue weighted by molar-refractivity contribution is 5.39. The Morgan fingerprint density at radius 3 is 2.88 bits per heavy atom. The molecule has 2 atom stereocenters. The number of morpholine rings is 1. The van der Waals surface area contributed by atoms with Gasteiger partial charge in [0, 0.05) is 19.6 Å². The van der Waals surface area contributed by atoms with Gasteiger partial charge in [0.1, 0.15) is 31.1 Å². The molecule has 0 amide bonds. The fourth-order valence-corrected chi connectivity index (χ4v) is 3.15. The van der Waals surface area contributed by atoms with Crippen molar-refractivity contribution in [2.24, 2.45) is 0 Å². The molecule has 7 heteroatoms. The van der Waals surface area contributed by atoms with Crippen LogP contribution in [0.2, 0.25) is 0 Å². The number of hydrogen-bond donors (Lipinski definition) is 1. The van der Waals surface area contributed by atoms with Crippen molar-refractivity contribution in [3.05, 3.63) is 42.0 Å². The molecule has 136 valence electrons. The van der Waals surface area contributed by atoms with Gasteiger partial charge < -0.3 is 14.6 Å². The van der Waals surface area contributed by atoms with E-state index in [0.29, 0.717) is 19.7 Å². The number of aliphatic hydroxyl groups is 1. The number of aliphatic hydroxyl groups excluding tert-OH is 1. The summed E-state index contributed by atoms with van der Waals surface area (Å²) < 4.78 is 13.4. The molecule has 0 spiro atoms. The molecule has 3 rings (SSSR count). The zero-order chi connectivity index (χ0) is 17.6. The van der Waals surface area contributed by atoms with Gasteiger partial charge in [-0.3, -0.25) is 9.58 Å². The van der Waals surface area contributed by atoms with Crippen LogP contribution in [0, 0.1) is 13.8 Å². The molecule has 0 unspecified atom stereocenters. The monoisotopic (exact) mass is 346 g/mol. The van der Waals surface area contributed by atoms with Gasteiger partial charge in [0.2, 0.25) is 0 Å². The molecule has 0 saturated carbocycles. The first-order chi connectivity index (χ1) is 12.1. The van der Waals surface area contributed by atoms with Crippen LogP contribution in [0.1, 0.15) is 11.1 Å². The molecule has 1 aliphatic rings. The molecule has 0 bridgehead atoms. The average molecular weight is 346 g/mol. The van der Waals surface area contributed by atoms with Crippen molar-refractivity contribution in [3.8, 4) is 5.75 Å². The standard InChI is InChI=1S/C18H26N4O3/c1-14-4-3-5-15(2)18(14)25-11-16(23)8-21-6-7-24-17(9-21)10-22-13-19-12-20-22/h3-5,12-13,16-17,23H,6-11H2,1-2H3/t16-,17+/m1/s1. The smallest absolute Gasteiger partial charge is 0.137 e. The second-order valence-corrected chi connectivity index (χ2v) is 6.56. The van der Waals surface area contributed by atoms with Gasteiger partial charge in [0.05, 0.1) is 19.3 Å². The summed E-state index contributed by atoms with van der Waals surface area (Å²) >= 11 is 0. The van der Waals surface area contributed by atoms with Crippen LogP contribution in [-0.2, 0) is 11.3 Å². The van der Waals surface area contributed by atoms with Crippen LogP contribution in [0.3, 0.4) is 0 Å². The van der Waals surface area contributed by atoms with E-state index in [0.717, 1.165) is 30.0 Å². The summed E-state index contributed by atoms with van der Waals surface area (Å²) in [6, 6.07) is 6.05. The lowest BCUT2D eigenvalue weighted by Gasteiger charge is -2.33. The van der Waals surface area contributed by atoms with Crippen LogP contribution in [0.4, 0.5) is 0 Å². The van der Waals surface area contributed by atoms with Crippen LogP contribution < -0.4 is 4.74 Å². The second kappa shape index (κ2) is 8.42. The molecule has 1 aromatic carbocycles. The van der Waals surface area contributed by atoms with Gasteiger partial charge in [0.15, 0.2) is 0 Å². The molecular formula is C18H26N4O3. The normalized spacial score (nSPS) is 19.7. The molecule has 0 aliphatic carbocycles. The highest BCUT2D eigenvalue weighted by Crippen LogP contribution is 2.22. The van der Waals surface area contributed by atoms with E-state index in [-0.39, 0.29) is 12.7 Å². The average Bonchev–Trinajstić information content (AvgIpc) is 3.07. The first-order valence-corrected chi connectivity index (χ1v) is 8.65. The maximum atomic E-state index is 10.4. The van der Waals surface area contributed by atoms with E-state index in [4.69, 9.17) is 9.47 Å². The minimum absolute atomic E-state index is 0.0576. The molecule has 2 heterocycles. The first kappa shape index (κ1) is 17.8. The zero-order valence-corrected chi connectivity index (χ0v) is 14.8. The van der Waals surface area contributed by atoms with E-state index in [9.17, 15) is 5.11 Å². The van der Waals surface area contributed by atoms with Crippen molar-refractivity contribution in [3.63, 3.8) is 0 Å². The van der Waals surface area contributed by atoms with E-state index in [1.165, 1.54) is 6.33 Å². The quantitative estimate of drug-likeness (QED) is 0.807. The van der Waals surface area contributed by atoms with Crippen molar-refractivity contribution in [2.45, 2.75) is 32.6 Å². The van der Waals surface area contributed by atoms with Gasteiger partial charge in [-0.05, 0) is 25.0 Å². The van der Waals surface area contributed by atoms with Gasteiger partial charge in [0.25, 0.3) is 0 Å². The number of ether oxygens (including phenoxy) is 2. The number of aryl methyl sites for hydroxylation is 2. The maximum absolute atomic E-state index is 10.4. The Labute approximate surface area is 148 Å². The summed E-state index contributed by atoms with van der Waals surface area (Å²) in [6.45, 7) is 7.81. The van der Waals surface area contributed by atoms with Crippen molar-refractivity contribution < 1.29 is 14.6 Å². The Morgan fingerprint density at radius 1 is 1.36 bits per heavy atom. The Bertz CT molecular complexity index is 642. The fraction of sp³-hybridized carbons (Fsp3) is 0.556. The van der Waals surface area contributed by atoms with E-state index in [1.54, 1.807) is 11.0 Å². The molecule has 1 aliphatic heterocycles. The van der Waals surface area contributed by atoms with E-state index in [2.05, 4.69) is 15.0 Å². The lowest BCUT2D eigenvalue weighted by Crippen LogP contribution is -2.47. The first-order valence-electron chi connectivity index (χ1n) is 8.65.